The lowest BCUT2D eigenvalue weighted by Gasteiger charge is -2.29. The SMILES string of the molecule is CCO/N=C(/Cc1ccccc1)C1=C(O)CC(C)(C)CC1=O. The number of nitrogens with zero attached hydrogens (tertiary/aromatic N) is 1. The third-order valence-corrected chi connectivity index (χ3v) is 3.66. The second-order valence-electron chi connectivity index (χ2n) is 6.38. The first-order valence-corrected chi connectivity index (χ1v) is 7.61. The van der Waals surface area contributed by atoms with E-state index < -0.39 is 0 Å². The Bertz CT molecular complexity index is 600. The van der Waals surface area contributed by atoms with Crippen LogP contribution in [0.3, 0.4) is 0 Å². The van der Waals surface area contributed by atoms with Crippen LogP contribution in [-0.2, 0) is 16.1 Å². The minimum atomic E-state index is -0.214. The molecule has 1 N–H and O–H groups in total. The first kappa shape index (κ1) is 16.3. The van der Waals surface area contributed by atoms with Crippen molar-refractivity contribution in [3.63, 3.8) is 0 Å². The molecule has 0 heterocycles. The van der Waals surface area contributed by atoms with Crippen LogP contribution in [-0.4, -0.2) is 23.2 Å². The third kappa shape index (κ3) is 3.97. The maximum atomic E-state index is 12.5. The molecule has 0 amide bonds. The van der Waals surface area contributed by atoms with E-state index in [9.17, 15) is 9.90 Å². The molecule has 0 fully saturated rings. The quantitative estimate of drug-likeness (QED) is 0.664. The van der Waals surface area contributed by atoms with Crippen molar-refractivity contribution >= 4 is 11.5 Å². The van der Waals surface area contributed by atoms with Crippen LogP contribution in [0.25, 0.3) is 0 Å². The molecule has 0 bridgehead atoms. The molecule has 118 valence electrons. The number of Topliss-reactive ketones (excluding diaryl/α,β-unsaturated/α-hetero) is 1. The number of benzene rings is 1. The van der Waals surface area contributed by atoms with Crippen LogP contribution >= 0.6 is 0 Å². The lowest BCUT2D eigenvalue weighted by molar-refractivity contribution is -0.118. The number of aliphatic hydroxyl groups excluding tert-OH is 1. The van der Waals surface area contributed by atoms with E-state index in [0.717, 1.165) is 5.56 Å². The average molecular weight is 301 g/mol. The second kappa shape index (κ2) is 6.77. The topological polar surface area (TPSA) is 58.9 Å². The molecule has 1 aromatic carbocycles. The van der Waals surface area contributed by atoms with E-state index in [1.165, 1.54) is 0 Å². The van der Waals surface area contributed by atoms with Gasteiger partial charge in [-0.15, -0.1) is 0 Å². The summed E-state index contributed by atoms with van der Waals surface area (Å²) in [4.78, 5) is 17.6. The second-order valence-corrected chi connectivity index (χ2v) is 6.38. The molecule has 2 rings (SSSR count). The van der Waals surface area contributed by atoms with Gasteiger partial charge in [0.2, 0.25) is 0 Å². The minimum Gasteiger partial charge on any atom is -0.511 e. The molecule has 0 saturated heterocycles. The molecule has 0 radical (unpaired) electrons. The van der Waals surface area contributed by atoms with Crippen molar-refractivity contribution in [3.8, 4) is 0 Å². The zero-order valence-corrected chi connectivity index (χ0v) is 13.4. The van der Waals surface area contributed by atoms with Crippen molar-refractivity contribution in [1.29, 1.82) is 0 Å². The van der Waals surface area contributed by atoms with Crippen LogP contribution in [0.2, 0.25) is 0 Å². The van der Waals surface area contributed by atoms with Crippen molar-refractivity contribution in [1.82, 2.24) is 0 Å². The van der Waals surface area contributed by atoms with Crippen LogP contribution in [0.1, 0.15) is 39.2 Å². The average Bonchev–Trinajstić information content (AvgIpc) is 2.43. The standard InChI is InChI=1S/C18H23NO3/c1-4-22-19-14(10-13-8-6-5-7-9-13)17-15(20)11-18(2,3)12-16(17)21/h5-9,20H,4,10-12H2,1-3H3/b19-14-. The number of hydrogen-bond acceptors (Lipinski definition) is 4. The fraction of sp³-hybridized carbons (Fsp3) is 0.444. The van der Waals surface area contributed by atoms with E-state index in [-0.39, 0.29) is 17.0 Å². The fourth-order valence-electron chi connectivity index (χ4n) is 2.71. The van der Waals surface area contributed by atoms with Crippen molar-refractivity contribution < 1.29 is 14.7 Å². The highest BCUT2D eigenvalue weighted by atomic mass is 16.6. The largest absolute Gasteiger partial charge is 0.511 e. The normalized spacial score (nSPS) is 18.5. The van der Waals surface area contributed by atoms with E-state index in [4.69, 9.17) is 4.84 Å². The Balaban J connectivity index is 2.35. The number of carbonyl (C=O) groups is 1. The molecule has 4 nitrogen and oxygen atoms in total. The molecule has 0 atom stereocenters. The molecule has 1 aliphatic rings. The molecule has 0 spiro atoms. The smallest absolute Gasteiger partial charge is 0.168 e. The van der Waals surface area contributed by atoms with Gasteiger partial charge in [-0.2, -0.15) is 0 Å². The summed E-state index contributed by atoms with van der Waals surface area (Å²) in [6, 6.07) is 9.75. The summed E-state index contributed by atoms with van der Waals surface area (Å²) >= 11 is 0. The van der Waals surface area contributed by atoms with Gasteiger partial charge in [-0.25, -0.2) is 0 Å². The summed E-state index contributed by atoms with van der Waals surface area (Å²) < 4.78 is 0. The summed E-state index contributed by atoms with van der Waals surface area (Å²) in [7, 11) is 0. The Kier molecular flexibility index (Phi) is 5.01. The van der Waals surface area contributed by atoms with Gasteiger partial charge >= 0.3 is 0 Å². The van der Waals surface area contributed by atoms with Crippen molar-refractivity contribution in [2.75, 3.05) is 6.61 Å². The summed E-state index contributed by atoms with van der Waals surface area (Å²) in [6.07, 6.45) is 1.35. The van der Waals surface area contributed by atoms with Crippen LogP contribution in [0, 0.1) is 5.41 Å². The summed E-state index contributed by atoms with van der Waals surface area (Å²) in [5.41, 5.74) is 1.65. The number of oxime groups is 1. The molecule has 1 aromatic rings. The third-order valence-electron chi connectivity index (χ3n) is 3.66. The van der Waals surface area contributed by atoms with Crippen molar-refractivity contribution in [3.05, 3.63) is 47.2 Å². The lowest BCUT2D eigenvalue weighted by atomic mass is 9.75. The van der Waals surface area contributed by atoms with Crippen LogP contribution in [0.4, 0.5) is 0 Å². The minimum absolute atomic E-state index is 0.0665. The summed E-state index contributed by atoms with van der Waals surface area (Å²) in [5.74, 6) is 0.0544. The number of rotatable bonds is 5. The number of allylic oxidation sites excluding steroid dienone is 2. The zero-order chi connectivity index (χ0) is 16.2. The Labute approximate surface area is 131 Å². The summed E-state index contributed by atoms with van der Waals surface area (Å²) in [5, 5.41) is 14.4. The Hall–Kier alpha value is -2.10. The number of carbonyl (C=O) groups excluding carboxylic acids is 1. The highest BCUT2D eigenvalue weighted by Gasteiger charge is 2.35. The molecule has 0 aromatic heterocycles. The van der Waals surface area contributed by atoms with Gasteiger partial charge in [-0.05, 0) is 17.9 Å². The summed E-state index contributed by atoms with van der Waals surface area (Å²) in [6.45, 7) is 6.22. The number of hydrogen-bond donors (Lipinski definition) is 1. The molecule has 22 heavy (non-hydrogen) atoms. The van der Waals surface area contributed by atoms with Gasteiger partial charge in [-0.3, -0.25) is 4.79 Å². The van der Waals surface area contributed by atoms with Crippen molar-refractivity contribution in [2.24, 2.45) is 10.6 Å². The highest BCUT2D eigenvalue weighted by Crippen LogP contribution is 2.36. The molecule has 0 unspecified atom stereocenters. The maximum Gasteiger partial charge on any atom is 0.168 e. The first-order valence-electron chi connectivity index (χ1n) is 7.61. The molecular formula is C18H23NO3. The van der Waals surface area contributed by atoms with Crippen molar-refractivity contribution in [2.45, 2.75) is 40.0 Å². The molecule has 4 heteroatoms. The number of ketones is 1. The van der Waals surface area contributed by atoms with Gasteiger partial charge < -0.3 is 9.94 Å². The Morgan fingerprint density at radius 3 is 2.55 bits per heavy atom. The maximum absolute atomic E-state index is 12.5. The highest BCUT2D eigenvalue weighted by molar-refractivity contribution is 6.23. The van der Waals surface area contributed by atoms with E-state index in [0.29, 0.717) is 37.2 Å². The predicted octanol–water partition coefficient (Wildman–Crippen LogP) is 3.82. The molecule has 0 aliphatic heterocycles. The predicted molar refractivity (Wildman–Crippen MR) is 86.9 cm³/mol. The van der Waals surface area contributed by atoms with Gasteiger partial charge in [0.05, 0.1) is 11.3 Å². The van der Waals surface area contributed by atoms with E-state index in [1.807, 2.05) is 51.1 Å². The molecular weight excluding hydrogens is 278 g/mol. The van der Waals surface area contributed by atoms with E-state index in [2.05, 4.69) is 5.16 Å². The van der Waals surface area contributed by atoms with Crippen LogP contribution in [0.5, 0.6) is 0 Å². The van der Waals surface area contributed by atoms with Crippen LogP contribution in [0.15, 0.2) is 46.8 Å². The first-order chi connectivity index (χ1) is 10.4. The Morgan fingerprint density at radius 2 is 1.95 bits per heavy atom. The molecule has 1 aliphatic carbocycles. The monoisotopic (exact) mass is 301 g/mol. The zero-order valence-electron chi connectivity index (χ0n) is 13.4. The van der Waals surface area contributed by atoms with Gasteiger partial charge in [-0.1, -0.05) is 49.3 Å². The van der Waals surface area contributed by atoms with E-state index in [1.54, 1.807) is 0 Å². The fourth-order valence-corrected chi connectivity index (χ4v) is 2.71. The van der Waals surface area contributed by atoms with E-state index >= 15 is 0 Å². The van der Waals surface area contributed by atoms with Crippen LogP contribution < -0.4 is 0 Å². The van der Waals surface area contributed by atoms with Gasteiger partial charge in [0, 0.05) is 19.3 Å². The van der Waals surface area contributed by atoms with Gasteiger partial charge in [0.1, 0.15) is 12.4 Å². The Morgan fingerprint density at radius 1 is 1.27 bits per heavy atom. The lowest BCUT2D eigenvalue weighted by Crippen LogP contribution is -2.30. The molecule has 0 saturated carbocycles. The van der Waals surface area contributed by atoms with Gasteiger partial charge in [0.15, 0.2) is 5.78 Å². The number of aliphatic hydroxyl groups is 1. The van der Waals surface area contributed by atoms with Gasteiger partial charge in [0.25, 0.3) is 0 Å².